The van der Waals surface area contributed by atoms with Crippen molar-refractivity contribution in [2.45, 2.75) is 225 Å². The third-order valence-corrected chi connectivity index (χ3v) is 13.6. The molecule has 3 N–H and O–H groups in total. The summed E-state index contributed by atoms with van der Waals surface area (Å²) in [7, 11) is -4.42. The molecule has 2 unspecified atom stereocenters. The smallest absolute Gasteiger partial charge is 0.462 e. The first-order valence-corrected chi connectivity index (χ1v) is 34.1. The third kappa shape index (κ3) is 67.6. The van der Waals surface area contributed by atoms with E-state index in [1.54, 1.807) is 0 Å². The first-order chi connectivity index (χ1) is 41.8. The number of nitrogens with two attached hydrogens (primary N) is 1. The number of esters is 2. The van der Waals surface area contributed by atoms with E-state index >= 15 is 0 Å². The summed E-state index contributed by atoms with van der Waals surface area (Å²) in [6.45, 7) is 3.44. The normalized spacial score (nSPS) is 14.4. The highest BCUT2D eigenvalue weighted by atomic mass is 31.2. The number of ether oxygens (including phenoxy) is 2. The number of hydrogen-bond donors (Lipinski definition) is 2. The Morgan fingerprint density at radius 3 is 0.906 bits per heavy atom. The Kier molecular flexibility index (Phi) is 63.4. The summed E-state index contributed by atoms with van der Waals surface area (Å²) in [5.74, 6) is -0.887. The monoisotopic (exact) mass is 1190 g/mol. The van der Waals surface area contributed by atoms with Crippen LogP contribution in [0.3, 0.4) is 0 Å². The van der Waals surface area contributed by atoms with Crippen LogP contribution in [-0.2, 0) is 32.7 Å². The predicted molar refractivity (Wildman–Crippen MR) is 366 cm³/mol. The second-order valence-electron chi connectivity index (χ2n) is 20.5. The standard InChI is InChI=1S/C75H116NO8P/c1-3-5-7-9-11-13-15-17-19-21-23-25-27-28-29-30-31-32-33-34-35-36-37-38-39-40-41-42-43-44-46-48-50-52-54-56-58-60-62-64-66-68-75(78)84-73(72-83-85(79,80)82-70-69-76)71-81-74(77)67-65-63-61-59-57-55-53-51-49-47-45-26-24-22-20-18-16-14-12-10-8-6-4-2/h5-8,11-14,17-20,23-26,28-29,31-32,34-35,37-38,40-41,43-44,47-50,54,56,73H,3-4,9-10,15-16,21-22,27,30,33,36,39,42,45-46,51-53,55,57-72,76H2,1-2H3,(H,79,80)/b7-5-,8-6-,13-11-,14-12-,19-17-,20-18-,25-23-,26-24-,29-28-,32-31-,35-34-,38-37-,41-40-,44-43-,49-47-,50-48-,56-54-. The van der Waals surface area contributed by atoms with Gasteiger partial charge < -0.3 is 20.1 Å². The molecule has 10 heteroatoms. The highest BCUT2D eigenvalue weighted by molar-refractivity contribution is 7.47. The van der Waals surface area contributed by atoms with Gasteiger partial charge in [0.05, 0.1) is 13.2 Å². The maximum Gasteiger partial charge on any atom is 0.472 e. The molecule has 2 atom stereocenters. The molecule has 0 heterocycles. The molecule has 0 aliphatic heterocycles. The predicted octanol–water partition coefficient (Wildman–Crippen LogP) is 21.5. The van der Waals surface area contributed by atoms with Crippen molar-refractivity contribution in [2.24, 2.45) is 5.73 Å². The molecular weight excluding hydrogens is 1070 g/mol. The van der Waals surface area contributed by atoms with Gasteiger partial charge in [0.2, 0.25) is 0 Å². The average Bonchev–Trinajstić information content (AvgIpc) is 3.52. The minimum atomic E-state index is -4.42. The zero-order valence-electron chi connectivity index (χ0n) is 53.0. The van der Waals surface area contributed by atoms with Gasteiger partial charge in [0.15, 0.2) is 6.10 Å². The Morgan fingerprint density at radius 2 is 0.612 bits per heavy atom. The van der Waals surface area contributed by atoms with Gasteiger partial charge in [-0.3, -0.25) is 18.6 Å². The van der Waals surface area contributed by atoms with Crippen molar-refractivity contribution in [1.82, 2.24) is 0 Å². The fourth-order valence-electron chi connectivity index (χ4n) is 7.94. The first-order valence-electron chi connectivity index (χ1n) is 32.6. The quantitative estimate of drug-likeness (QED) is 0.0264. The molecule has 0 aliphatic rings. The molecule has 0 bridgehead atoms. The van der Waals surface area contributed by atoms with Crippen molar-refractivity contribution in [2.75, 3.05) is 26.4 Å². The second kappa shape index (κ2) is 67.7. The molecular formula is C75H116NO8P. The molecule has 0 rings (SSSR count). The summed E-state index contributed by atoms with van der Waals surface area (Å²) < 4.78 is 33.0. The van der Waals surface area contributed by atoms with Crippen molar-refractivity contribution >= 4 is 19.8 Å². The lowest BCUT2D eigenvalue weighted by atomic mass is 10.1. The lowest BCUT2D eigenvalue weighted by Crippen LogP contribution is -2.29. The number of phosphoric acid groups is 1. The first kappa shape index (κ1) is 79.6. The van der Waals surface area contributed by atoms with E-state index in [4.69, 9.17) is 24.3 Å². The minimum Gasteiger partial charge on any atom is -0.462 e. The summed E-state index contributed by atoms with van der Waals surface area (Å²) in [4.78, 5) is 35.3. The van der Waals surface area contributed by atoms with Crippen molar-refractivity contribution in [3.63, 3.8) is 0 Å². The van der Waals surface area contributed by atoms with Crippen molar-refractivity contribution < 1.29 is 37.6 Å². The van der Waals surface area contributed by atoms with Crippen LogP contribution in [0.15, 0.2) is 207 Å². The topological polar surface area (TPSA) is 134 Å². The van der Waals surface area contributed by atoms with Gasteiger partial charge in [-0.2, -0.15) is 0 Å². The fourth-order valence-corrected chi connectivity index (χ4v) is 8.70. The molecule has 0 aromatic carbocycles. The zero-order valence-corrected chi connectivity index (χ0v) is 53.9. The van der Waals surface area contributed by atoms with Gasteiger partial charge in [-0.1, -0.05) is 265 Å². The average molecular weight is 1190 g/mol. The Morgan fingerprint density at radius 1 is 0.353 bits per heavy atom. The number of phosphoric ester groups is 1. The molecule has 0 saturated heterocycles. The number of allylic oxidation sites excluding steroid dienone is 34. The molecule has 0 aliphatic carbocycles. The highest BCUT2D eigenvalue weighted by Gasteiger charge is 2.26. The third-order valence-electron chi connectivity index (χ3n) is 12.7. The summed E-state index contributed by atoms with van der Waals surface area (Å²) in [5, 5.41) is 0. The van der Waals surface area contributed by atoms with Crippen LogP contribution < -0.4 is 5.73 Å². The van der Waals surface area contributed by atoms with Crippen LogP contribution >= 0.6 is 7.82 Å². The summed E-state index contributed by atoms with van der Waals surface area (Å²) in [6.07, 6.45) is 105. The second-order valence-corrected chi connectivity index (χ2v) is 22.0. The van der Waals surface area contributed by atoms with E-state index in [2.05, 4.69) is 220 Å². The number of hydrogen-bond acceptors (Lipinski definition) is 8. The van der Waals surface area contributed by atoms with Crippen LogP contribution in [0, 0.1) is 0 Å². The van der Waals surface area contributed by atoms with E-state index in [9.17, 15) is 19.0 Å². The Labute approximate surface area is 518 Å². The molecule has 0 amide bonds. The molecule has 0 aromatic rings. The minimum absolute atomic E-state index is 0.0355. The van der Waals surface area contributed by atoms with Crippen LogP contribution in [0.1, 0.15) is 219 Å². The van der Waals surface area contributed by atoms with Gasteiger partial charge >= 0.3 is 19.8 Å². The van der Waals surface area contributed by atoms with E-state index in [0.717, 1.165) is 161 Å². The lowest BCUT2D eigenvalue weighted by molar-refractivity contribution is -0.161. The van der Waals surface area contributed by atoms with Crippen LogP contribution in [0.2, 0.25) is 0 Å². The van der Waals surface area contributed by atoms with E-state index in [0.29, 0.717) is 12.8 Å². The maximum absolute atomic E-state index is 12.7. The molecule has 0 saturated carbocycles. The van der Waals surface area contributed by atoms with Gasteiger partial charge in [0, 0.05) is 19.4 Å². The summed E-state index contributed by atoms with van der Waals surface area (Å²) in [6, 6.07) is 0. The molecule has 0 radical (unpaired) electrons. The van der Waals surface area contributed by atoms with Gasteiger partial charge in [-0.05, 0) is 148 Å². The summed E-state index contributed by atoms with van der Waals surface area (Å²) >= 11 is 0. The molecule has 85 heavy (non-hydrogen) atoms. The Bertz CT molecular complexity index is 2140. The van der Waals surface area contributed by atoms with Gasteiger partial charge in [0.1, 0.15) is 6.61 Å². The Hall–Kier alpha value is -5.41. The van der Waals surface area contributed by atoms with E-state index in [1.807, 2.05) is 0 Å². The van der Waals surface area contributed by atoms with Crippen molar-refractivity contribution in [1.29, 1.82) is 0 Å². The van der Waals surface area contributed by atoms with Crippen molar-refractivity contribution in [3.05, 3.63) is 207 Å². The van der Waals surface area contributed by atoms with E-state index < -0.39 is 32.5 Å². The van der Waals surface area contributed by atoms with E-state index in [1.165, 1.54) is 19.3 Å². The number of carbonyl (C=O) groups is 2. The molecule has 9 nitrogen and oxygen atoms in total. The highest BCUT2D eigenvalue weighted by Crippen LogP contribution is 2.43. The van der Waals surface area contributed by atoms with Crippen LogP contribution in [0.5, 0.6) is 0 Å². The van der Waals surface area contributed by atoms with E-state index in [-0.39, 0.29) is 32.6 Å². The fraction of sp³-hybridized carbons (Fsp3) is 0.520. The lowest BCUT2D eigenvalue weighted by Gasteiger charge is -2.19. The summed E-state index contributed by atoms with van der Waals surface area (Å²) in [5.41, 5.74) is 5.39. The van der Waals surface area contributed by atoms with Crippen LogP contribution in [0.25, 0.3) is 0 Å². The van der Waals surface area contributed by atoms with Crippen molar-refractivity contribution in [3.8, 4) is 0 Å². The molecule has 0 aromatic heterocycles. The number of unbranched alkanes of at least 4 members (excludes halogenated alkanes) is 11. The zero-order chi connectivity index (χ0) is 61.6. The van der Waals surface area contributed by atoms with Crippen LogP contribution in [0.4, 0.5) is 0 Å². The largest absolute Gasteiger partial charge is 0.472 e. The number of carbonyl (C=O) groups excluding carboxylic acids is 2. The van der Waals surface area contributed by atoms with Gasteiger partial charge in [0.25, 0.3) is 0 Å². The molecule has 0 spiro atoms. The van der Waals surface area contributed by atoms with Crippen LogP contribution in [-0.4, -0.2) is 49.3 Å². The maximum atomic E-state index is 12.7. The SMILES string of the molecule is CC/C=C\C/C=C\C/C=C\C/C=C\C/C=C\C/C=C\C/C=C\C/C=C\C/C=C\C/C=C\C/C=C\C/C=C\CCCCCCC(=O)OC(COC(=O)CCCCCCCCC/C=C\C/C=C\C/C=C\C/C=C\C/C=C\CC)COP(=O)(O)OCCN. The van der Waals surface area contributed by atoms with Gasteiger partial charge in [-0.15, -0.1) is 0 Å². The number of rotatable bonds is 58. The molecule has 474 valence electrons. The Balaban J connectivity index is 4.09. The molecule has 0 fully saturated rings. The van der Waals surface area contributed by atoms with Gasteiger partial charge in [-0.25, -0.2) is 4.57 Å².